The molecule has 0 aromatic heterocycles. The number of hydrogen-bond acceptors (Lipinski definition) is 2. The number of fused-ring (bicyclic) bond motifs is 2. The Bertz CT molecular complexity index is 645. The smallest absolute Gasteiger partial charge is 0.311 e. The predicted octanol–water partition coefficient (Wildman–Crippen LogP) is 3.27. The summed E-state index contributed by atoms with van der Waals surface area (Å²) in [5.41, 5.74) is -0.680. The zero-order valence-electron chi connectivity index (χ0n) is 12.9. The molecule has 1 aromatic rings. The van der Waals surface area contributed by atoms with Crippen LogP contribution in [0.15, 0.2) is 18.2 Å². The second-order valence-electron chi connectivity index (χ2n) is 6.44. The SMILES string of the molecule is CC[C@@]1(C(=O)O)C[C@@H]2CC[C@H]1N2C(=O)Cc1c(F)cccc1Cl. The maximum Gasteiger partial charge on any atom is 0.311 e. The first-order valence-electron chi connectivity index (χ1n) is 7.88. The van der Waals surface area contributed by atoms with E-state index < -0.39 is 17.2 Å². The van der Waals surface area contributed by atoms with Crippen molar-refractivity contribution in [3.05, 3.63) is 34.6 Å². The van der Waals surface area contributed by atoms with E-state index in [0.717, 1.165) is 6.42 Å². The molecule has 0 radical (unpaired) electrons. The Labute approximate surface area is 139 Å². The van der Waals surface area contributed by atoms with Crippen LogP contribution in [0, 0.1) is 11.2 Å². The van der Waals surface area contributed by atoms with Crippen LogP contribution in [-0.4, -0.2) is 34.0 Å². The maximum atomic E-state index is 13.9. The summed E-state index contributed by atoms with van der Waals surface area (Å²) in [6.07, 6.45) is 2.36. The molecule has 1 amide bonds. The molecule has 2 aliphatic heterocycles. The third-order valence-corrected chi connectivity index (χ3v) is 5.83. The molecule has 2 bridgehead atoms. The topological polar surface area (TPSA) is 57.6 Å². The lowest BCUT2D eigenvalue weighted by atomic mass is 9.72. The molecule has 124 valence electrons. The van der Waals surface area contributed by atoms with Crippen LogP contribution >= 0.6 is 11.6 Å². The van der Waals surface area contributed by atoms with E-state index in [9.17, 15) is 19.1 Å². The fraction of sp³-hybridized carbons (Fsp3) is 0.529. The van der Waals surface area contributed by atoms with Crippen LogP contribution in [0.4, 0.5) is 4.39 Å². The largest absolute Gasteiger partial charge is 0.481 e. The van der Waals surface area contributed by atoms with E-state index >= 15 is 0 Å². The maximum absolute atomic E-state index is 13.9. The molecule has 23 heavy (non-hydrogen) atoms. The lowest BCUT2D eigenvalue weighted by Gasteiger charge is -2.32. The zero-order chi connectivity index (χ0) is 16.8. The summed E-state index contributed by atoms with van der Waals surface area (Å²) >= 11 is 6.00. The van der Waals surface area contributed by atoms with Crippen LogP contribution in [0.2, 0.25) is 5.02 Å². The van der Waals surface area contributed by atoms with E-state index in [1.165, 1.54) is 12.1 Å². The van der Waals surface area contributed by atoms with E-state index in [2.05, 4.69) is 0 Å². The van der Waals surface area contributed by atoms with E-state index in [0.29, 0.717) is 19.3 Å². The lowest BCUT2D eigenvalue weighted by Crippen LogP contribution is -2.45. The fourth-order valence-corrected chi connectivity index (χ4v) is 4.49. The minimum absolute atomic E-state index is 0.0610. The van der Waals surface area contributed by atoms with Gasteiger partial charge in [0.15, 0.2) is 0 Å². The summed E-state index contributed by atoms with van der Waals surface area (Å²) in [5, 5.41) is 9.87. The minimum atomic E-state index is -0.863. The molecule has 2 aliphatic rings. The first kappa shape index (κ1) is 16.2. The van der Waals surface area contributed by atoms with Gasteiger partial charge in [-0.25, -0.2) is 4.39 Å². The summed E-state index contributed by atoms with van der Waals surface area (Å²) in [6, 6.07) is 3.97. The highest BCUT2D eigenvalue weighted by atomic mass is 35.5. The van der Waals surface area contributed by atoms with Crippen LogP contribution in [0.3, 0.4) is 0 Å². The van der Waals surface area contributed by atoms with Crippen molar-refractivity contribution in [1.29, 1.82) is 0 Å². The number of carboxylic acid groups (broad SMARTS) is 1. The molecule has 0 unspecified atom stereocenters. The predicted molar refractivity (Wildman–Crippen MR) is 83.7 cm³/mol. The molecule has 0 aliphatic carbocycles. The van der Waals surface area contributed by atoms with Gasteiger partial charge < -0.3 is 10.0 Å². The van der Waals surface area contributed by atoms with Crippen molar-refractivity contribution in [3.63, 3.8) is 0 Å². The third kappa shape index (κ3) is 2.42. The number of benzene rings is 1. The Hall–Kier alpha value is -1.62. The van der Waals surface area contributed by atoms with Gasteiger partial charge >= 0.3 is 5.97 Å². The average molecular weight is 340 g/mol. The molecule has 0 saturated carbocycles. The summed E-state index contributed by atoms with van der Waals surface area (Å²) in [5.74, 6) is -1.58. The van der Waals surface area contributed by atoms with E-state index in [1.807, 2.05) is 6.92 Å². The van der Waals surface area contributed by atoms with E-state index in [1.54, 1.807) is 11.0 Å². The van der Waals surface area contributed by atoms with Gasteiger partial charge in [0.25, 0.3) is 0 Å². The molecule has 3 rings (SSSR count). The van der Waals surface area contributed by atoms with Gasteiger partial charge in [-0.05, 0) is 37.8 Å². The van der Waals surface area contributed by atoms with Gasteiger partial charge in [-0.15, -0.1) is 0 Å². The molecule has 6 heteroatoms. The third-order valence-electron chi connectivity index (χ3n) is 5.47. The summed E-state index contributed by atoms with van der Waals surface area (Å²) in [4.78, 5) is 26.2. The van der Waals surface area contributed by atoms with Crippen molar-refractivity contribution < 1.29 is 19.1 Å². The van der Waals surface area contributed by atoms with Crippen molar-refractivity contribution in [3.8, 4) is 0 Å². The van der Waals surface area contributed by atoms with Crippen molar-refractivity contribution in [2.24, 2.45) is 5.41 Å². The van der Waals surface area contributed by atoms with Crippen molar-refractivity contribution >= 4 is 23.5 Å². The number of halogens is 2. The first-order chi connectivity index (χ1) is 10.9. The molecule has 3 atom stereocenters. The molecule has 1 aromatic carbocycles. The number of amides is 1. The first-order valence-corrected chi connectivity index (χ1v) is 8.26. The molecular weight excluding hydrogens is 321 g/mol. The van der Waals surface area contributed by atoms with Crippen LogP contribution in [0.1, 0.15) is 38.2 Å². The zero-order valence-corrected chi connectivity index (χ0v) is 13.6. The normalized spacial score (nSPS) is 29.1. The average Bonchev–Trinajstić information content (AvgIpc) is 3.07. The van der Waals surface area contributed by atoms with Crippen LogP contribution in [0.5, 0.6) is 0 Å². The van der Waals surface area contributed by atoms with Gasteiger partial charge in [0.1, 0.15) is 5.82 Å². The second kappa shape index (κ2) is 5.78. The standard InChI is InChI=1S/C17H19ClFNO3/c1-2-17(16(22)23)9-10-6-7-14(17)20(10)15(21)8-11-12(18)4-3-5-13(11)19/h3-5,10,14H,2,6-9H2,1H3,(H,22,23)/t10-,14+,17+/m0/s1. The van der Waals surface area contributed by atoms with Crippen molar-refractivity contribution in [1.82, 2.24) is 4.90 Å². The fourth-order valence-electron chi connectivity index (χ4n) is 4.26. The number of aliphatic carboxylic acids is 1. The van der Waals surface area contributed by atoms with E-state index in [-0.39, 0.29) is 35.0 Å². The highest BCUT2D eigenvalue weighted by Crippen LogP contribution is 2.52. The molecule has 4 nitrogen and oxygen atoms in total. The Morgan fingerprint density at radius 3 is 2.74 bits per heavy atom. The summed E-state index contributed by atoms with van der Waals surface area (Å²) in [6.45, 7) is 1.85. The number of nitrogens with zero attached hydrogens (tertiary/aromatic N) is 1. The Morgan fingerprint density at radius 1 is 1.43 bits per heavy atom. The minimum Gasteiger partial charge on any atom is -0.481 e. The molecule has 2 saturated heterocycles. The highest BCUT2D eigenvalue weighted by Gasteiger charge is 2.60. The molecule has 1 N–H and O–H groups in total. The van der Waals surface area contributed by atoms with Crippen molar-refractivity contribution in [2.45, 2.75) is 51.1 Å². The molecule has 2 heterocycles. The highest BCUT2D eigenvalue weighted by molar-refractivity contribution is 6.31. The van der Waals surface area contributed by atoms with Crippen LogP contribution in [0.25, 0.3) is 0 Å². The summed E-state index contributed by atoms with van der Waals surface area (Å²) in [7, 11) is 0. The van der Waals surface area contributed by atoms with Gasteiger partial charge in [0.2, 0.25) is 5.91 Å². The number of hydrogen-bond donors (Lipinski definition) is 1. The number of carbonyl (C=O) groups is 2. The van der Waals surface area contributed by atoms with Gasteiger partial charge in [-0.2, -0.15) is 0 Å². The Balaban J connectivity index is 1.86. The summed E-state index contributed by atoms with van der Waals surface area (Å²) < 4.78 is 13.9. The van der Waals surface area contributed by atoms with Gasteiger partial charge in [-0.3, -0.25) is 9.59 Å². The number of carboxylic acids is 1. The monoisotopic (exact) mass is 339 g/mol. The lowest BCUT2D eigenvalue weighted by molar-refractivity contribution is -0.151. The van der Waals surface area contributed by atoms with Gasteiger partial charge in [0.05, 0.1) is 11.8 Å². The molecular formula is C17H19ClFNO3. The number of carbonyl (C=O) groups excluding carboxylic acids is 1. The van der Waals surface area contributed by atoms with Gasteiger partial charge in [0, 0.05) is 22.7 Å². The second-order valence-corrected chi connectivity index (χ2v) is 6.85. The Kier molecular flexibility index (Phi) is 4.08. The van der Waals surface area contributed by atoms with Gasteiger partial charge in [-0.1, -0.05) is 24.6 Å². The number of rotatable bonds is 4. The quantitative estimate of drug-likeness (QED) is 0.916. The van der Waals surface area contributed by atoms with Crippen molar-refractivity contribution in [2.75, 3.05) is 0 Å². The van der Waals surface area contributed by atoms with Crippen LogP contribution < -0.4 is 0 Å². The molecule has 2 fully saturated rings. The Morgan fingerprint density at radius 2 is 2.17 bits per heavy atom. The van der Waals surface area contributed by atoms with Crippen LogP contribution in [-0.2, 0) is 16.0 Å². The van der Waals surface area contributed by atoms with E-state index in [4.69, 9.17) is 11.6 Å². The molecule has 0 spiro atoms.